The largest absolute Gasteiger partial charge is 0.397 e. The van der Waals surface area contributed by atoms with Gasteiger partial charge in [0.15, 0.2) is 0 Å². The minimum atomic E-state index is -0.126. The van der Waals surface area contributed by atoms with Gasteiger partial charge in [-0.3, -0.25) is 9.59 Å². The number of rotatable bonds is 2. The van der Waals surface area contributed by atoms with E-state index in [2.05, 4.69) is 0 Å². The highest BCUT2D eigenvalue weighted by Crippen LogP contribution is 2.19. The van der Waals surface area contributed by atoms with Crippen LogP contribution in [0.25, 0.3) is 0 Å². The van der Waals surface area contributed by atoms with Gasteiger partial charge in [-0.25, -0.2) is 0 Å². The van der Waals surface area contributed by atoms with Crippen LogP contribution in [0.2, 0.25) is 0 Å². The molecule has 0 bridgehead atoms. The lowest BCUT2D eigenvalue weighted by atomic mass is 10.3. The van der Waals surface area contributed by atoms with Crippen LogP contribution in [0, 0.1) is 0 Å². The van der Waals surface area contributed by atoms with Crippen molar-refractivity contribution < 1.29 is 9.59 Å². The van der Waals surface area contributed by atoms with Gasteiger partial charge < -0.3 is 20.1 Å². The fraction of sp³-hybridized carbons (Fsp3) is 0.571. The third kappa shape index (κ3) is 2.79. The summed E-state index contributed by atoms with van der Waals surface area (Å²) in [7, 11) is 1.77. The molecule has 0 atom stereocenters. The smallest absolute Gasteiger partial charge is 0.271 e. The SMILES string of the molecule is CC(C)n1cc(N)cc1C(=O)N1CCCN(C)C(=O)C1. The first-order valence-electron chi connectivity index (χ1n) is 6.90. The number of hydrogen-bond acceptors (Lipinski definition) is 3. The molecule has 2 rings (SSSR count). The summed E-state index contributed by atoms with van der Waals surface area (Å²) in [6.45, 7) is 5.42. The van der Waals surface area contributed by atoms with E-state index in [1.54, 1.807) is 29.1 Å². The van der Waals surface area contributed by atoms with Crippen molar-refractivity contribution in [3.8, 4) is 0 Å². The first-order valence-corrected chi connectivity index (χ1v) is 6.90. The number of amides is 2. The molecule has 110 valence electrons. The molecule has 1 fully saturated rings. The van der Waals surface area contributed by atoms with Crippen molar-refractivity contribution in [1.82, 2.24) is 14.4 Å². The summed E-state index contributed by atoms with van der Waals surface area (Å²) in [6.07, 6.45) is 2.56. The van der Waals surface area contributed by atoms with E-state index in [0.29, 0.717) is 24.5 Å². The number of nitrogen functional groups attached to an aromatic ring is 1. The number of aromatic nitrogens is 1. The average molecular weight is 278 g/mol. The molecule has 2 N–H and O–H groups in total. The van der Waals surface area contributed by atoms with Gasteiger partial charge in [0.25, 0.3) is 5.91 Å². The number of carbonyl (C=O) groups excluding carboxylic acids is 2. The number of hydrogen-bond donors (Lipinski definition) is 1. The minimum Gasteiger partial charge on any atom is -0.397 e. The second kappa shape index (κ2) is 5.56. The van der Waals surface area contributed by atoms with Crippen molar-refractivity contribution in [2.45, 2.75) is 26.3 Å². The van der Waals surface area contributed by atoms with Gasteiger partial charge in [-0.05, 0) is 26.3 Å². The van der Waals surface area contributed by atoms with E-state index >= 15 is 0 Å². The molecule has 0 unspecified atom stereocenters. The molecular weight excluding hydrogens is 256 g/mol. The Bertz CT molecular complexity index is 521. The van der Waals surface area contributed by atoms with Gasteiger partial charge in [0, 0.05) is 32.4 Å². The maximum absolute atomic E-state index is 12.6. The number of carbonyl (C=O) groups is 2. The fourth-order valence-corrected chi connectivity index (χ4v) is 2.42. The zero-order valence-corrected chi connectivity index (χ0v) is 12.3. The molecule has 20 heavy (non-hydrogen) atoms. The van der Waals surface area contributed by atoms with E-state index in [1.807, 2.05) is 18.4 Å². The Kier molecular flexibility index (Phi) is 4.01. The lowest BCUT2D eigenvalue weighted by Gasteiger charge is -2.21. The molecule has 1 aliphatic rings. The maximum Gasteiger partial charge on any atom is 0.271 e. The van der Waals surface area contributed by atoms with Crippen molar-refractivity contribution in [3.05, 3.63) is 18.0 Å². The summed E-state index contributed by atoms with van der Waals surface area (Å²) >= 11 is 0. The molecule has 0 radical (unpaired) electrons. The number of likely N-dealkylation sites (N-methyl/N-ethyl adjacent to an activating group) is 1. The molecule has 0 spiro atoms. The monoisotopic (exact) mass is 278 g/mol. The van der Waals surface area contributed by atoms with Gasteiger partial charge >= 0.3 is 0 Å². The second-order valence-electron chi connectivity index (χ2n) is 5.56. The highest BCUT2D eigenvalue weighted by atomic mass is 16.2. The molecule has 1 aromatic heterocycles. The van der Waals surface area contributed by atoms with Crippen LogP contribution in [0.3, 0.4) is 0 Å². The van der Waals surface area contributed by atoms with Crippen LogP contribution >= 0.6 is 0 Å². The van der Waals surface area contributed by atoms with Crippen LogP contribution in [0.4, 0.5) is 5.69 Å². The minimum absolute atomic E-state index is 0.0218. The van der Waals surface area contributed by atoms with Gasteiger partial charge in [-0.15, -0.1) is 0 Å². The third-order valence-corrected chi connectivity index (χ3v) is 3.61. The summed E-state index contributed by atoms with van der Waals surface area (Å²) in [5.74, 6) is -0.148. The van der Waals surface area contributed by atoms with Crippen molar-refractivity contribution in [3.63, 3.8) is 0 Å². The quantitative estimate of drug-likeness (QED) is 0.875. The Morgan fingerprint density at radius 1 is 1.35 bits per heavy atom. The number of anilines is 1. The highest BCUT2D eigenvalue weighted by Gasteiger charge is 2.26. The van der Waals surface area contributed by atoms with Gasteiger partial charge in [-0.1, -0.05) is 0 Å². The molecule has 2 heterocycles. The Morgan fingerprint density at radius 2 is 2.05 bits per heavy atom. The highest BCUT2D eigenvalue weighted by molar-refractivity contribution is 5.96. The van der Waals surface area contributed by atoms with E-state index in [-0.39, 0.29) is 24.4 Å². The van der Waals surface area contributed by atoms with Crippen LogP contribution in [0.15, 0.2) is 12.3 Å². The standard InChI is InChI=1S/C14H22N4O2/c1-10(2)18-8-11(15)7-12(18)14(20)17-6-4-5-16(3)13(19)9-17/h7-8,10H,4-6,9,15H2,1-3H3. The van der Waals surface area contributed by atoms with Crippen LogP contribution in [-0.2, 0) is 4.79 Å². The summed E-state index contributed by atoms with van der Waals surface area (Å²) < 4.78 is 1.86. The van der Waals surface area contributed by atoms with Crippen LogP contribution in [0.5, 0.6) is 0 Å². The Hall–Kier alpha value is -1.98. The topological polar surface area (TPSA) is 71.6 Å². The first kappa shape index (κ1) is 14.4. The van der Waals surface area contributed by atoms with Gasteiger partial charge in [0.1, 0.15) is 12.2 Å². The Morgan fingerprint density at radius 3 is 2.70 bits per heavy atom. The van der Waals surface area contributed by atoms with Gasteiger partial charge in [0.2, 0.25) is 5.91 Å². The molecule has 1 aliphatic heterocycles. The van der Waals surface area contributed by atoms with Crippen LogP contribution < -0.4 is 5.73 Å². The fourth-order valence-electron chi connectivity index (χ4n) is 2.42. The Balaban J connectivity index is 2.24. The van der Waals surface area contributed by atoms with E-state index < -0.39 is 0 Å². The predicted molar refractivity (Wildman–Crippen MR) is 77.4 cm³/mol. The molecule has 6 nitrogen and oxygen atoms in total. The van der Waals surface area contributed by atoms with E-state index in [4.69, 9.17) is 5.73 Å². The zero-order valence-electron chi connectivity index (χ0n) is 12.3. The van der Waals surface area contributed by atoms with Gasteiger partial charge in [-0.2, -0.15) is 0 Å². The molecule has 1 aromatic rings. The summed E-state index contributed by atoms with van der Waals surface area (Å²) in [5.41, 5.74) is 6.92. The molecule has 2 amide bonds. The maximum atomic E-state index is 12.6. The van der Waals surface area contributed by atoms with Crippen molar-refractivity contribution in [2.24, 2.45) is 0 Å². The van der Waals surface area contributed by atoms with E-state index in [9.17, 15) is 9.59 Å². The third-order valence-electron chi connectivity index (χ3n) is 3.61. The van der Waals surface area contributed by atoms with Crippen LogP contribution in [-0.4, -0.2) is 52.9 Å². The summed E-state index contributed by atoms with van der Waals surface area (Å²) in [4.78, 5) is 27.8. The molecule has 0 aromatic carbocycles. The molecule has 1 saturated heterocycles. The van der Waals surface area contributed by atoms with E-state index in [0.717, 1.165) is 6.42 Å². The first-order chi connectivity index (χ1) is 9.40. The van der Waals surface area contributed by atoms with E-state index in [1.165, 1.54) is 0 Å². The Labute approximate surface area is 119 Å². The van der Waals surface area contributed by atoms with Gasteiger partial charge in [0.05, 0.1) is 5.69 Å². The average Bonchev–Trinajstić information content (AvgIpc) is 2.70. The van der Waals surface area contributed by atoms with Crippen LogP contribution in [0.1, 0.15) is 36.8 Å². The van der Waals surface area contributed by atoms with Crippen molar-refractivity contribution in [1.29, 1.82) is 0 Å². The normalized spacial score (nSPS) is 16.7. The lowest BCUT2D eigenvalue weighted by molar-refractivity contribution is -0.129. The number of nitrogens with zero attached hydrogens (tertiary/aromatic N) is 3. The molecule has 0 aliphatic carbocycles. The predicted octanol–water partition coefficient (Wildman–Crippen LogP) is 0.956. The second-order valence-corrected chi connectivity index (χ2v) is 5.56. The molecule has 6 heteroatoms. The van der Waals surface area contributed by atoms with Crippen molar-refractivity contribution >= 4 is 17.5 Å². The lowest BCUT2D eigenvalue weighted by Crippen LogP contribution is -2.38. The van der Waals surface area contributed by atoms with Crippen molar-refractivity contribution in [2.75, 3.05) is 32.4 Å². The number of nitrogens with two attached hydrogens (primary N) is 1. The zero-order chi connectivity index (χ0) is 14.9. The molecular formula is C14H22N4O2. The summed E-state index contributed by atoms with van der Waals surface area (Å²) in [6, 6.07) is 1.83. The molecule has 0 saturated carbocycles. The summed E-state index contributed by atoms with van der Waals surface area (Å²) in [5, 5.41) is 0.